The first-order valence-corrected chi connectivity index (χ1v) is 7.28. The van der Waals surface area contributed by atoms with Crippen molar-refractivity contribution < 1.29 is 13.9 Å². The zero-order valence-corrected chi connectivity index (χ0v) is 11.9. The van der Waals surface area contributed by atoms with Crippen LogP contribution >= 0.6 is 0 Å². The average molecular weight is 292 g/mol. The maximum absolute atomic E-state index is 13.8. The number of piperidine rings is 2. The number of aliphatic hydroxyl groups is 1. The summed E-state index contributed by atoms with van der Waals surface area (Å²) in [6.07, 6.45) is 4.08. The Morgan fingerprint density at radius 3 is 2.24 bits per heavy atom. The second kappa shape index (κ2) is 5.04. The summed E-state index contributed by atoms with van der Waals surface area (Å²) in [6.45, 7) is 0. The molecule has 1 aromatic carbocycles. The van der Waals surface area contributed by atoms with Crippen molar-refractivity contribution in [2.24, 2.45) is 0 Å². The molecular formula is C16H18F2N2O. The molecule has 0 spiro atoms. The second-order valence-corrected chi connectivity index (χ2v) is 6.27. The molecule has 2 aliphatic heterocycles. The summed E-state index contributed by atoms with van der Waals surface area (Å²) in [5, 5.41) is 19.7. The number of nitriles is 1. The lowest BCUT2D eigenvalue weighted by atomic mass is 9.72. The van der Waals surface area contributed by atoms with Gasteiger partial charge in [0.2, 0.25) is 0 Å². The molecule has 0 aromatic heterocycles. The van der Waals surface area contributed by atoms with Crippen molar-refractivity contribution in [2.45, 2.75) is 49.8 Å². The number of halogens is 2. The monoisotopic (exact) mass is 292 g/mol. The SMILES string of the molecule is CN1C2CCCC1CC(O)(c1cc(F)c(C#N)c(F)c1)C2. The minimum absolute atomic E-state index is 0.240. The molecule has 5 heteroatoms. The molecule has 2 unspecified atom stereocenters. The molecule has 3 rings (SSSR count). The first-order chi connectivity index (χ1) is 9.94. The quantitative estimate of drug-likeness (QED) is 0.865. The van der Waals surface area contributed by atoms with Gasteiger partial charge in [-0.25, -0.2) is 8.78 Å². The molecule has 0 radical (unpaired) electrons. The minimum Gasteiger partial charge on any atom is -0.385 e. The Morgan fingerprint density at radius 1 is 1.24 bits per heavy atom. The van der Waals surface area contributed by atoms with E-state index in [2.05, 4.69) is 4.90 Å². The molecule has 0 saturated carbocycles. The minimum atomic E-state index is -1.21. The highest BCUT2D eigenvalue weighted by Crippen LogP contribution is 2.44. The molecule has 2 saturated heterocycles. The summed E-state index contributed by atoms with van der Waals surface area (Å²) in [5.41, 5.74) is -1.55. The third-order valence-corrected chi connectivity index (χ3v) is 5.06. The average Bonchev–Trinajstić information content (AvgIpc) is 2.40. The number of hydrogen-bond donors (Lipinski definition) is 1. The Labute approximate surface area is 122 Å². The van der Waals surface area contributed by atoms with E-state index in [4.69, 9.17) is 5.26 Å². The Morgan fingerprint density at radius 2 is 1.76 bits per heavy atom. The van der Waals surface area contributed by atoms with Crippen LogP contribution in [0.4, 0.5) is 8.78 Å². The molecule has 2 fully saturated rings. The van der Waals surface area contributed by atoms with Crippen LogP contribution in [0, 0.1) is 23.0 Å². The molecule has 0 aliphatic carbocycles. The second-order valence-electron chi connectivity index (χ2n) is 6.27. The van der Waals surface area contributed by atoms with Gasteiger partial charge in [-0.15, -0.1) is 0 Å². The number of hydrogen-bond acceptors (Lipinski definition) is 3. The van der Waals surface area contributed by atoms with Crippen molar-refractivity contribution in [2.75, 3.05) is 7.05 Å². The molecule has 0 amide bonds. The molecular weight excluding hydrogens is 274 g/mol. The van der Waals surface area contributed by atoms with Gasteiger partial charge in [-0.1, -0.05) is 6.42 Å². The largest absolute Gasteiger partial charge is 0.385 e. The highest BCUT2D eigenvalue weighted by atomic mass is 19.1. The molecule has 2 bridgehead atoms. The number of fused-ring (bicyclic) bond motifs is 2. The maximum Gasteiger partial charge on any atom is 0.144 e. The Balaban J connectivity index is 1.98. The van der Waals surface area contributed by atoms with Crippen LogP contribution in [-0.4, -0.2) is 29.1 Å². The normalized spacial score (nSPS) is 32.7. The van der Waals surface area contributed by atoms with Crippen LogP contribution in [0.15, 0.2) is 12.1 Å². The van der Waals surface area contributed by atoms with Gasteiger partial charge in [0.25, 0.3) is 0 Å². The highest BCUT2D eigenvalue weighted by molar-refractivity contribution is 5.37. The van der Waals surface area contributed by atoms with E-state index in [1.165, 1.54) is 6.07 Å². The Bertz CT molecular complexity index is 574. The molecule has 1 N–H and O–H groups in total. The molecule has 3 nitrogen and oxygen atoms in total. The predicted molar refractivity (Wildman–Crippen MR) is 73.4 cm³/mol. The van der Waals surface area contributed by atoms with Gasteiger partial charge in [0.15, 0.2) is 0 Å². The van der Waals surface area contributed by atoms with Gasteiger partial charge in [-0.05, 0) is 50.4 Å². The van der Waals surface area contributed by atoms with Crippen molar-refractivity contribution in [3.8, 4) is 6.07 Å². The van der Waals surface area contributed by atoms with Gasteiger partial charge >= 0.3 is 0 Å². The van der Waals surface area contributed by atoms with E-state index in [0.717, 1.165) is 31.4 Å². The Hall–Kier alpha value is -1.51. The van der Waals surface area contributed by atoms with Crippen molar-refractivity contribution in [1.29, 1.82) is 5.26 Å². The molecule has 1 aromatic rings. The Kier molecular flexibility index (Phi) is 3.46. The van der Waals surface area contributed by atoms with Gasteiger partial charge < -0.3 is 10.0 Å². The van der Waals surface area contributed by atoms with E-state index in [9.17, 15) is 13.9 Å². The standard InChI is InChI=1S/C16H18F2N2O/c1-20-11-3-2-4-12(20)8-16(21,7-11)10-5-14(17)13(9-19)15(18)6-10/h5-6,11-12,21H,2-4,7-8H2,1H3. The maximum atomic E-state index is 13.8. The van der Waals surface area contributed by atoms with E-state index >= 15 is 0 Å². The fraction of sp³-hybridized carbons (Fsp3) is 0.562. The van der Waals surface area contributed by atoms with E-state index < -0.39 is 22.8 Å². The molecule has 21 heavy (non-hydrogen) atoms. The van der Waals surface area contributed by atoms with Crippen LogP contribution in [0.3, 0.4) is 0 Å². The zero-order chi connectivity index (χ0) is 15.2. The van der Waals surface area contributed by atoms with E-state index in [1.54, 1.807) is 0 Å². The first-order valence-electron chi connectivity index (χ1n) is 7.28. The van der Waals surface area contributed by atoms with Gasteiger partial charge in [-0.2, -0.15) is 5.26 Å². The summed E-state index contributed by atoms with van der Waals surface area (Å²) in [4.78, 5) is 2.27. The third kappa shape index (κ3) is 2.33. The summed E-state index contributed by atoms with van der Waals surface area (Å²) in [5.74, 6) is -1.80. The summed E-state index contributed by atoms with van der Waals surface area (Å²) >= 11 is 0. The summed E-state index contributed by atoms with van der Waals surface area (Å²) < 4.78 is 27.6. The molecule has 2 heterocycles. The van der Waals surface area contributed by atoms with Crippen LogP contribution in [0.2, 0.25) is 0 Å². The van der Waals surface area contributed by atoms with Crippen molar-refractivity contribution in [3.63, 3.8) is 0 Å². The van der Waals surface area contributed by atoms with E-state index in [-0.39, 0.29) is 17.6 Å². The van der Waals surface area contributed by atoms with Crippen molar-refractivity contribution >= 4 is 0 Å². The highest BCUT2D eigenvalue weighted by Gasteiger charge is 2.45. The van der Waals surface area contributed by atoms with Crippen LogP contribution < -0.4 is 0 Å². The van der Waals surface area contributed by atoms with E-state index in [1.807, 2.05) is 7.05 Å². The van der Waals surface area contributed by atoms with Gasteiger partial charge in [-0.3, -0.25) is 0 Å². The van der Waals surface area contributed by atoms with Crippen LogP contribution in [0.5, 0.6) is 0 Å². The lowest BCUT2D eigenvalue weighted by molar-refractivity contribution is -0.0877. The van der Waals surface area contributed by atoms with Gasteiger partial charge in [0.1, 0.15) is 23.3 Å². The first kappa shape index (κ1) is 14.4. The molecule has 2 aliphatic rings. The third-order valence-electron chi connectivity index (χ3n) is 5.06. The van der Waals surface area contributed by atoms with Crippen LogP contribution in [0.1, 0.15) is 43.2 Å². The zero-order valence-electron chi connectivity index (χ0n) is 11.9. The summed E-state index contributed by atoms with van der Waals surface area (Å²) in [7, 11) is 2.05. The molecule has 112 valence electrons. The van der Waals surface area contributed by atoms with Gasteiger partial charge in [0.05, 0.1) is 5.60 Å². The lowest BCUT2D eigenvalue weighted by Crippen LogP contribution is -2.55. The van der Waals surface area contributed by atoms with Crippen LogP contribution in [0.25, 0.3) is 0 Å². The molecule has 2 atom stereocenters. The van der Waals surface area contributed by atoms with Crippen LogP contribution in [-0.2, 0) is 5.60 Å². The summed E-state index contributed by atoms with van der Waals surface area (Å²) in [6, 6.07) is 4.22. The fourth-order valence-corrected chi connectivity index (χ4v) is 3.83. The smallest absolute Gasteiger partial charge is 0.144 e. The number of benzene rings is 1. The number of nitrogens with zero attached hydrogens (tertiary/aromatic N) is 2. The van der Waals surface area contributed by atoms with Gasteiger partial charge in [0, 0.05) is 12.1 Å². The van der Waals surface area contributed by atoms with Crippen molar-refractivity contribution in [1.82, 2.24) is 4.90 Å². The lowest BCUT2D eigenvalue weighted by Gasteiger charge is -2.50. The fourth-order valence-electron chi connectivity index (χ4n) is 3.83. The number of rotatable bonds is 1. The van der Waals surface area contributed by atoms with E-state index in [0.29, 0.717) is 12.8 Å². The topological polar surface area (TPSA) is 47.3 Å². The van der Waals surface area contributed by atoms with Crippen molar-refractivity contribution in [3.05, 3.63) is 34.9 Å². The predicted octanol–water partition coefficient (Wildman–Crippen LogP) is 2.67.